The van der Waals surface area contributed by atoms with Gasteiger partial charge in [0.2, 0.25) is 0 Å². The van der Waals surface area contributed by atoms with E-state index >= 15 is 0 Å². The van der Waals surface area contributed by atoms with Crippen LogP contribution in [0.1, 0.15) is 11.1 Å². The minimum atomic E-state index is -1.07. The van der Waals surface area contributed by atoms with E-state index in [0.29, 0.717) is 29.0 Å². The van der Waals surface area contributed by atoms with Gasteiger partial charge in [-0.2, -0.15) is 0 Å². The zero-order chi connectivity index (χ0) is 18.0. The zero-order valence-electron chi connectivity index (χ0n) is 12.9. The van der Waals surface area contributed by atoms with Gasteiger partial charge in [-0.15, -0.1) is 0 Å². The topological polar surface area (TPSA) is 73.6 Å². The van der Waals surface area contributed by atoms with Crippen molar-refractivity contribution in [2.75, 3.05) is 18.7 Å². The second-order valence-electron chi connectivity index (χ2n) is 5.38. The SMILES string of the molecule is O=[N+]([O-])c1cc(F)c(NCCc2cc(F)cc3c2OCOC3)c(F)c1. The third-order valence-electron chi connectivity index (χ3n) is 3.69. The molecule has 1 heterocycles. The van der Waals surface area contributed by atoms with E-state index in [4.69, 9.17) is 9.47 Å². The molecule has 25 heavy (non-hydrogen) atoms. The monoisotopic (exact) mass is 354 g/mol. The minimum absolute atomic E-state index is 0.0463. The lowest BCUT2D eigenvalue weighted by atomic mass is 10.1. The summed E-state index contributed by atoms with van der Waals surface area (Å²) in [6, 6.07) is 3.86. The molecule has 0 spiro atoms. The van der Waals surface area contributed by atoms with Gasteiger partial charge in [-0.1, -0.05) is 0 Å². The Morgan fingerprint density at radius 2 is 1.88 bits per heavy atom. The minimum Gasteiger partial charge on any atom is -0.467 e. The molecule has 132 valence electrons. The van der Waals surface area contributed by atoms with Crippen molar-refractivity contribution in [2.24, 2.45) is 0 Å². The Morgan fingerprint density at radius 1 is 1.16 bits per heavy atom. The summed E-state index contributed by atoms with van der Waals surface area (Å²) in [5.74, 6) is -2.11. The standard InChI is InChI=1S/C16H13F3N2O4/c17-11-3-9(16-10(4-11)7-24-8-25-16)1-2-20-15-13(18)5-12(21(22)23)6-14(15)19/h3-6,20H,1-2,7-8H2. The van der Waals surface area contributed by atoms with Crippen LogP contribution in [0.15, 0.2) is 24.3 Å². The van der Waals surface area contributed by atoms with Gasteiger partial charge < -0.3 is 14.8 Å². The van der Waals surface area contributed by atoms with Crippen molar-refractivity contribution in [1.29, 1.82) is 0 Å². The molecule has 0 fully saturated rings. The fourth-order valence-electron chi connectivity index (χ4n) is 2.60. The lowest BCUT2D eigenvalue weighted by Gasteiger charge is -2.21. The Morgan fingerprint density at radius 3 is 2.56 bits per heavy atom. The Hall–Kier alpha value is -2.81. The number of nitrogens with one attached hydrogen (secondary N) is 1. The average molecular weight is 354 g/mol. The van der Waals surface area contributed by atoms with Crippen LogP contribution in [0.3, 0.4) is 0 Å². The second kappa shape index (κ2) is 6.98. The van der Waals surface area contributed by atoms with Gasteiger partial charge in [0.25, 0.3) is 5.69 Å². The van der Waals surface area contributed by atoms with Crippen LogP contribution in [0.5, 0.6) is 5.75 Å². The summed E-state index contributed by atoms with van der Waals surface area (Å²) in [4.78, 5) is 9.70. The molecule has 9 heteroatoms. The second-order valence-corrected chi connectivity index (χ2v) is 5.38. The van der Waals surface area contributed by atoms with Gasteiger partial charge in [0.1, 0.15) is 17.3 Å². The summed E-state index contributed by atoms with van der Waals surface area (Å²) in [7, 11) is 0. The maximum Gasteiger partial charge on any atom is 0.275 e. The molecular formula is C16H13F3N2O4. The highest BCUT2D eigenvalue weighted by atomic mass is 19.1. The summed E-state index contributed by atoms with van der Waals surface area (Å²) in [6.07, 6.45) is 0.232. The predicted octanol–water partition coefficient (Wildman–Crippen LogP) is 3.53. The van der Waals surface area contributed by atoms with Crippen LogP contribution in [0.4, 0.5) is 24.5 Å². The van der Waals surface area contributed by atoms with Crippen molar-refractivity contribution in [1.82, 2.24) is 0 Å². The molecule has 2 aromatic carbocycles. The molecule has 0 aromatic heterocycles. The molecule has 1 aliphatic rings. The number of ether oxygens (including phenoxy) is 2. The number of non-ortho nitro benzene ring substituents is 1. The van der Waals surface area contributed by atoms with E-state index in [-0.39, 0.29) is 26.4 Å². The molecule has 3 rings (SSSR count). The Kier molecular flexibility index (Phi) is 4.75. The Balaban J connectivity index is 1.74. The quantitative estimate of drug-likeness (QED) is 0.657. The van der Waals surface area contributed by atoms with E-state index in [1.54, 1.807) is 0 Å². The van der Waals surface area contributed by atoms with Gasteiger partial charge in [0.15, 0.2) is 18.4 Å². The summed E-state index contributed by atoms with van der Waals surface area (Å²) in [5.41, 5.74) is -0.0456. The summed E-state index contributed by atoms with van der Waals surface area (Å²) in [5, 5.41) is 13.1. The first-order chi connectivity index (χ1) is 12.0. The van der Waals surface area contributed by atoms with Crippen molar-refractivity contribution in [3.05, 3.63) is 63.0 Å². The van der Waals surface area contributed by atoms with Gasteiger partial charge in [-0.05, 0) is 24.1 Å². The number of hydrogen-bond donors (Lipinski definition) is 1. The molecule has 0 atom stereocenters. The average Bonchev–Trinajstić information content (AvgIpc) is 2.56. The molecule has 1 aliphatic heterocycles. The van der Waals surface area contributed by atoms with E-state index in [1.807, 2.05) is 0 Å². The van der Waals surface area contributed by atoms with Crippen LogP contribution >= 0.6 is 0 Å². The number of rotatable bonds is 5. The lowest BCUT2D eigenvalue weighted by Crippen LogP contribution is -2.15. The van der Waals surface area contributed by atoms with Crippen molar-refractivity contribution < 1.29 is 27.6 Å². The number of nitrogens with zero attached hydrogens (tertiary/aromatic N) is 1. The summed E-state index contributed by atoms with van der Waals surface area (Å²) in [6.45, 7) is 0.343. The van der Waals surface area contributed by atoms with Gasteiger partial charge >= 0.3 is 0 Å². The maximum absolute atomic E-state index is 13.8. The molecule has 0 unspecified atom stereocenters. The first-order valence-electron chi connectivity index (χ1n) is 7.35. The van der Waals surface area contributed by atoms with E-state index in [0.717, 1.165) is 0 Å². The molecule has 0 saturated heterocycles. The van der Waals surface area contributed by atoms with Crippen molar-refractivity contribution in [3.8, 4) is 5.75 Å². The number of fused-ring (bicyclic) bond motifs is 1. The molecule has 0 aliphatic carbocycles. The Labute approximate surface area is 140 Å². The largest absolute Gasteiger partial charge is 0.467 e. The Bertz CT molecular complexity index is 806. The smallest absolute Gasteiger partial charge is 0.275 e. The first kappa shape index (κ1) is 17.0. The van der Waals surface area contributed by atoms with Crippen molar-refractivity contribution >= 4 is 11.4 Å². The number of halogens is 3. The number of nitro benzene ring substituents is 1. The zero-order valence-corrected chi connectivity index (χ0v) is 12.9. The number of benzene rings is 2. The van der Waals surface area contributed by atoms with E-state index < -0.39 is 33.7 Å². The van der Waals surface area contributed by atoms with Crippen LogP contribution < -0.4 is 10.1 Å². The molecular weight excluding hydrogens is 341 g/mol. The van der Waals surface area contributed by atoms with Crippen LogP contribution in [-0.2, 0) is 17.8 Å². The highest BCUT2D eigenvalue weighted by Crippen LogP contribution is 2.30. The fourth-order valence-corrected chi connectivity index (χ4v) is 2.60. The third-order valence-corrected chi connectivity index (χ3v) is 3.69. The van der Waals surface area contributed by atoms with Gasteiger partial charge in [-0.25, -0.2) is 13.2 Å². The number of nitro groups is 1. The van der Waals surface area contributed by atoms with Crippen molar-refractivity contribution in [2.45, 2.75) is 13.0 Å². The first-order valence-corrected chi connectivity index (χ1v) is 7.35. The normalized spacial score (nSPS) is 13.1. The number of hydrogen-bond acceptors (Lipinski definition) is 5. The van der Waals surface area contributed by atoms with E-state index in [1.165, 1.54) is 12.1 Å². The number of anilines is 1. The van der Waals surface area contributed by atoms with Crippen LogP contribution in [0.2, 0.25) is 0 Å². The molecule has 0 radical (unpaired) electrons. The summed E-state index contributed by atoms with van der Waals surface area (Å²) >= 11 is 0. The van der Waals surface area contributed by atoms with Gasteiger partial charge in [0.05, 0.1) is 23.7 Å². The predicted molar refractivity (Wildman–Crippen MR) is 81.9 cm³/mol. The third kappa shape index (κ3) is 3.66. The fraction of sp³-hybridized carbons (Fsp3) is 0.250. The molecule has 0 amide bonds. The highest BCUT2D eigenvalue weighted by molar-refractivity contribution is 5.52. The van der Waals surface area contributed by atoms with Crippen LogP contribution in [0.25, 0.3) is 0 Å². The summed E-state index contributed by atoms with van der Waals surface area (Å²) < 4.78 is 51.7. The van der Waals surface area contributed by atoms with Gasteiger partial charge in [-0.3, -0.25) is 10.1 Å². The molecule has 2 aromatic rings. The van der Waals surface area contributed by atoms with E-state index in [9.17, 15) is 23.3 Å². The van der Waals surface area contributed by atoms with Gasteiger partial charge in [0, 0.05) is 12.1 Å². The molecule has 1 N–H and O–H groups in total. The highest BCUT2D eigenvalue weighted by Gasteiger charge is 2.19. The molecule has 0 saturated carbocycles. The van der Waals surface area contributed by atoms with E-state index in [2.05, 4.69) is 5.32 Å². The van der Waals surface area contributed by atoms with Crippen LogP contribution in [0, 0.1) is 27.6 Å². The molecule has 6 nitrogen and oxygen atoms in total. The van der Waals surface area contributed by atoms with Crippen molar-refractivity contribution in [3.63, 3.8) is 0 Å². The maximum atomic E-state index is 13.8. The molecule has 0 bridgehead atoms. The van der Waals surface area contributed by atoms with Crippen LogP contribution in [-0.4, -0.2) is 18.3 Å². The lowest BCUT2D eigenvalue weighted by molar-refractivity contribution is -0.385.